The third-order valence-corrected chi connectivity index (χ3v) is 3.99. The minimum Gasteiger partial charge on any atom is -0.459 e. The molecule has 3 rings (SSSR count). The number of piperazine rings is 1. The summed E-state index contributed by atoms with van der Waals surface area (Å²) >= 11 is 0. The van der Waals surface area contributed by atoms with Crippen molar-refractivity contribution in [2.24, 2.45) is 0 Å². The summed E-state index contributed by atoms with van der Waals surface area (Å²) < 4.78 is 5.02. The van der Waals surface area contributed by atoms with E-state index in [0.717, 1.165) is 26.2 Å². The maximum Gasteiger partial charge on any atom is 0.305 e. The molecule has 2 aromatic heterocycles. The van der Waals surface area contributed by atoms with Crippen LogP contribution in [0.2, 0.25) is 0 Å². The van der Waals surface area contributed by atoms with Crippen LogP contribution in [-0.2, 0) is 0 Å². The second kappa shape index (κ2) is 7.81. The van der Waals surface area contributed by atoms with E-state index in [1.165, 1.54) is 12.6 Å². The minimum atomic E-state index is -0.429. The van der Waals surface area contributed by atoms with Crippen molar-refractivity contribution in [1.82, 2.24) is 20.3 Å². The Hall–Kier alpha value is -2.85. The highest BCUT2D eigenvalue weighted by atomic mass is 16.3. The average Bonchev–Trinajstić information content (AvgIpc) is 3.16. The van der Waals surface area contributed by atoms with Crippen LogP contribution in [0.5, 0.6) is 0 Å². The minimum absolute atomic E-state index is 0.152. The van der Waals surface area contributed by atoms with Crippen molar-refractivity contribution in [3.63, 3.8) is 0 Å². The monoisotopic (exact) mass is 347 g/mol. The second-order valence-corrected chi connectivity index (χ2v) is 5.57. The fraction of sp³-hybridized carbons (Fsp3) is 0.400. The first-order valence-electron chi connectivity index (χ1n) is 7.97. The molecule has 0 aromatic carbocycles. The van der Waals surface area contributed by atoms with Gasteiger partial charge in [-0.15, -0.1) is 0 Å². The fourth-order valence-corrected chi connectivity index (χ4v) is 2.65. The van der Waals surface area contributed by atoms with E-state index in [9.17, 15) is 4.79 Å². The SMILES string of the molecule is Nc1c(NNC(=O)c2ccco2)ncnc1N1CCN(CCO)CC1. The van der Waals surface area contributed by atoms with Crippen LogP contribution in [0.3, 0.4) is 0 Å². The van der Waals surface area contributed by atoms with E-state index in [-0.39, 0.29) is 12.4 Å². The molecule has 134 valence electrons. The highest BCUT2D eigenvalue weighted by molar-refractivity contribution is 5.92. The Kier molecular flexibility index (Phi) is 5.31. The number of carbonyl (C=O) groups excluding carboxylic acids is 1. The Morgan fingerprint density at radius 2 is 2.12 bits per heavy atom. The van der Waals surface area contributed by atoms with E-state index >= 15 is 0 Å². The molecule has 1 aliphatic heterocycles. The Morgan fingerprint density at radius 3 is 2.80 bits per heavy atom. The van der Waals surface area contributed by atoms with E-state index in [1.807, 2.05) is 0 Å². The van der Waals surface area contributed by atoms with E-state index in [2.05, 4.69) is 30.6 Å². The number of carbonyl (C=O) groups is 1. The molecule has 3 heterocycles. The molecule has 0 unspecified atom stereocenters. The number of aliphatic hydroxyl groups excluding tert-OH is 1. The summed E-state index contributed by atoms with van der Waals surface area (Å²) in [6.45, 7) is 3.96. The zero-order valence-electron chi connectivity index (χ0n) is 13.7. The quantitative estimate of drug-likeness (QED) is 0.511. The van der Waals surface area contributed by atoms with E-state index in [4.69, 9.17) is 15.3 Å². The number of hydrogen-bond acceptors (Lipinski definition) is 9. The molecule has 1 fully saturated rings. The molecule has 25 heavy (non-hydrogen) atoms. The Labute approximate surface area is 144 Å². The normalized spacial score (nSPS) is 15.2. The number of nitrogens with zero attached hydrogens (tertiary/aromatic N) is 4. The van der Waals surface area contributed by atoms with Crippen molar-refractivity contribution in [3.05, 3.63) is 30.5 Å². The standard InChI is InChI=1S/C15H21N7O3/c16-12-13(19-20-15(24)11-2-1-9-25-11)17-10-18-14(12)22-5-3-21(4-6-22)7-8-23/h1-2,9-10,23H,3-8,16H2,(H,20,24)(H,17,18,19). The number of aromatic nitrogens is 2. The molecule has 5 N–H and O–H groups in total. The van der Waals surface area contributed by atoms with Crippen molar-refractivity contribution >= 4 is 23.2 Å². The summed E-state index contributed by atoms with van der Waals surface area (Å²) in [5, 5.41) is 9.01. The Bertz CT molecular complexity index is 699. The van der Waals surface area contributed by atoms with Crippen molar-refractivity contribution < 1.29 is 14.3 Å². The molecule has 1 amide bonds. The number of hydrogen-bond donors (Lipinski definition) is 4. The highest BCUT2D eigenvalue weighted by Gasteiger charge is 2.21. The molecular formula is C15H21N7O3. The van der Waals surface area contributed by atoms with Crippen LogP contribution in [0.25, 0.3) is 0 Å². The van der Waals surface area contributed by atoms with Gasteiger partial charge in [0.1, 0.15) is 12.0 Å². The number of β-amino-alcohol motifs (C(OH)–C–C–N with tert-alkyl or cyclic N) is 1. The number of nitrogens with one attached hydrogen (secondary N) is 2. The largest absolute Gasteiger partial charge is 0.459 e. The molecule has 0 spiro atoms. The molecular weight excluding hydrogens is 326 g/mol. The molecule has 0 atom stereocenters. The smallest absolute Gasteiger partial charge is 0.305 e. The molecule has 2 aromatic rings. The summed E-state index contributed by atoms with van der Waals surface area (Å²) in [5.74, 6) is 0.693. The highest BCUT2D eigenvalue weighted by Crippen LogP contribution is 2.26. The Morgan fingerprint density at radius 1 is 1.32 bits per heavy atom. The summed E-state index contributed by atoms with van der Waals surface area (Å²) in [4.78, 5) is 24.5. The lowest BCUT2D eigenvalue weighted by molar-refractivity contribution is 0.0935. The summed E-state index contributed by atoms with van der Waals surface area (Å²) in [6.07, 6.45) is 2.82. The van der Waals surface area contributed by atoms with Gasteiger partial charge in [0.15, 0.2) is 17.4 Å². The summed E-state index contributed by atoms with van der Waals surface area (Å²) in [5.41, 5.74) is 11.7. The van der Waals surface area contributed by atoms with E-state index in [0.29, 0.717) is 23.9 Å². The molecule has 0 saturated carbocycles. The third-order valence-electron chi connectivity index (χ3n) is 3.99. The first-order chi connectivity index (χ1) is 12.2. The topological polar surface area (TPSA) is 133 Å². The first kappa shape index (κ1) is 17.0. The third kappa shape index (κ3) is 3.98. The first-order valence-corrected chi connectivity index (χ1v) is 7.97. The van der Waals surface area contributed by atoms with Gasteiger partial charge in [0.25, 0.3) is 0 Å². The number of furan rings is 1. The number of hydrazine groups is 1. The van der Waals surface area contributed by atoms with Crippen LogP contribution in [0, 0.1) is 0 Å². The van der Waals surface area contributed by atoms with Crippen molar-refractivity contribution in [3.8, 4) is 0 Å². The van der Waals surface area contributed by atoms with Gasteiger partial charge in [-0.1, -0.05) is 0 Å². The van der Waals surface area contributed by atoms with Crippen molar-refractivity contribution in [1.29, 1.82) is 0 Å². The van der Waals surface area contributed by atoms with Gasteiger partial charge in [0.05, 0.1) is 12.9 Å². The zero-order chi connectivity index (χ0) is 17.6. The predicted octanol–water partition coefficient (Wildman–Crippen LogP) is -0.477. The van der Waals surface area contributed by atoms with Crippen molar-refractivity contribution in [2.75, 3.05) is 55.4 Å². The summed E-state index contributed by atoms with van der Waals surface area (Å²) in [6, 6.07) is 3.18. The van der Waals surface area contributed by atoms with E-state index < -0.39 is 5.91 Å². The van der Waals surface area contributed by atoms with Gasteiger partial charge in [-0.05, 0) is 12.1 Å². The zero-order valence-corrected chi connectivity index (χ0v) is 13.7. The number of nitrogen functional groups attached to an aromatic ring is 1. The number of anilines is 3. The lowest BCUT2D eigenvalue weighted by atomic mass is 10.3. The maximum absolute atomic E-state index is 11.9. The molecule has 0 radical (unpaired) electrons. The molecule has 1 saturated heterocycles. The van der Waals surface area contributed by atoms with Crippen molar-refractivity contribution in [2.45, 2.75) is 0 Å². The van der Waals surface area contributed by atoms with Gasteiger partial charge in [-0.25, -0.2) is 9.97 Å². The molecule has 0 bridgehead atoms. The van der Waals surface area contributed by atoms with Crippen LogP contribution < -0.4 is 21.5 Å². The van der Waals surface area contributed by atoms with Gasteiger partial charge >= 0.3 is 5.91 Å². The average molecular weight is 347 g/mol. The maximum atomic E-state index is 11.9. The van der Waals surface area contributed by atoms with Crippen LogP contribution >= 0.6 is 0 Å². The van der Waals surface area contributed by atoms with Crippen LogP contribution in [0.1, 0.15) is 10.6 Å². The lowest BCUT2D eigenvalue weighted by Gasteiger charge is -2.35. The number of rotatable bonds is 6. The second-order valence-electron chi connectivity index (χ2n) is 5.57. The number of aliphatic hydroxyl groups is 1. The van der Waals surface area contributed by atoms with Gasteiger partial charge in [-0.3, -0.25) is 20.5 Å². The molecule has 1 aliphatic rings. The number of amides is 1. The fourth-order valence-electron chi connectivity index (χ4n) is 2.65. The molecule has 0 aliphatic carbocycles. The lowest BCUT2D eigenvalue weighted by Crippen LogP contribution is -2.47. The number of nitrogens with two attached hydrogens (primary N) is 1. The van der Waals surface area contributed by atoms with Gasteiger partial charge in [0, 0.05) is 32.7 Å². The van der Waals surface area contributed by atoms with Crippen LogP contribution in [0.15, 0.2) is 29.1 Å². The Balaban J connectivity index is 1.63. The van der Waals surface area contributed by atoms with Crippen LogP contribution in [0.4, 0.5) is 17.3 Å². The van der Waals surface area contributed by atoms with E-state index in [1.54, 1.807) is 12.1 Å². The molecule has 10 heteroatoms. The summed E-state index contributed by atoms with van der Waals surface area (Å²) in [7, 11) is 0. The van der Waals surface area contributed by atoms with Gasteiger partial charge in [-0.2, -0.15) is 0 Å². The van der Waals surface area contributed by atoms with Crippen LogP contribution in [-0.4, -0.2) is 65.2 Å². The van der Waals surface area contributed by atoms with Gasteiger partial charge in [0.2, 0.25) is 0 Å². The van der Waals surface area contributed by atoms with Gasteiger partial charge < -0.3 is 20.2 Å². The predicted molar refractivity (Wildman–Crippen MR) is 92.0 cm³/mol. The molecule has 10 nitrogen and oxygen atoms in total.